The van der Waals surface area contributed by atoms with Crippen molar-refractivity contribution < 1.29 is 4.74 Å². The van der Waals surface area contributed by atoms with Crippen molar-refractivity contribution in [1.29, 1.82) is 0 Å². The van der Waals surface area contributed by atoms with Crippen molar-refractivity contribution in [2.75, 3.05) is 20.3 Å². The lowest BCUT2D eigenvalue weighted by Crippen LogP contribution is -2.39. The molecule has 0 aliphatic heterocycles. The van der Waals surface area contributed by atoms with Crippen LogP contribution in [0.4, 0.5) is 0 Å². The van der Waals surface area contributed by atoms with Crippen LogP contribution in [0, 0.1) is 5.41 Å². The maximum Gasteiger partial charge on any atom is 0.0468 e. The summed E-state index contributed by atoms with van der Waals surface area (Å²) in [6, 6.07) is 0.603. The molecule has 2 heteroatoms. The lowest BCUT2D eigenvalue weighted by molar-refractivity contribution is 0.0992. The Morgan fingerprint density at radius 1 is 1.20 bits per heavy atom. The van der Waals surface area contributed by atoms with Crippen molar-refractivity contribution in [3.05, 3.63) is 0 Å². The van der Waals surface area contributed by atoms with E-state index in [1.165, 1.54) is 45.1 Å². The summed E-state index contributed by atoms with van der Waals surface area (Å²) in [7, 11) is 1.81. The highest BCUT2D eigenvalue weighted by molar-refractivity contribution is 4.85. The highest BCUT2D eigenvalue weighted by atomic mass is 16.5. The third-order valence-corrected chi connectivity index (χ3v) is 3.64. The predicted molar refractivity (Wildman–Crippen MR) is 65.1 cm³/mol. The topological polar surface area (TPSA) is 21.3 Å². The van der Waals surface area contributed by atoms with E-state index in [0.717, 1.165) is 6.61 Å². The Morgan fingerprint density at radius 3 is 2.40 bits per heavy atom. The van der Waals surface area contributed by atoms with E-state index in [-0.39, 0.29) is 0 Å². The van der Waals surface area contributed by atoms with Crippen LogP contribution in [0.1, 0.15) is 52.4 Å². The lowest BCUT2D eigenvalue weighted by atomic mass is 9.72. The minimum atomic E-state index is 0.526. The summed E-state index contributed by atoms with van der Waals surface area (Å²) in [5.41, 5.74) is 0.526. The van der Waals surface area contributed by atoms with Gasteiger partial charge in [0.1, 0.15) is 0 Å². The average molecular weight is 213 g/mol. The van der Waals surface area contributed by atoms with E-state index in [2.05, 4.69) is 19.2 Å². The largest absolute Gasteiger partial charge is 0.385 e. The van der Waals surface area contributed by atoms with Crippen LogP contribution in [0.15, 0.2) is 0 Å². The molecule has 1 saturated carbocycles. The van der Waals surface area contributed by atoms with Gasteiger partial charge in [0, 0.05) is 26.3 Å². The molecule has 1 N–H and O–H groups in total. The second kappa shape index (κ2) is 6.49. The van der Waals surface area contributed by atoms with E-state index in [9.17, 15) is 0 Å². The Kier molecular flexibility index (Phi) is 5.62. The third kappa shape index (κ3) is 4.52. The average Bonchev–Trinajstić information content (AvgIpc) is 2.25. The lowest BCUT2D eigenvalue weighted by Gasteiger charge is -2.38. The van der Waals surface area contributed by atoms with Crippen LogP contribution in [-0.2, 0) is 4.74 Å². The van der Waals surface area contributed by atoms with E-state index in [1.807, 2.05) is 7.11 Å². The van der Waals surface area contributed by atoms with Crippen molar-refractivity contribution in [2.24, 2.45) is 5.41 Å². The molecular weight excluding hydrogens is 186 g/mol. The zero-order valence-corrected chi connectivity index (χ0v) is 10.6. The van der Waals surface area contributed by atoms with Gasteiger partial charge in [-0.2, -0.15) is 0 Å². The first-order chi connectivity index (χ1) is 7.18. The molecule has 15 heavy (non-hydrogen) atoms. The van der Waals surface area contributed by atoms with Crippen LogP contribution in [0.3, 0.4) is 0 Å². The van der Waals surface area contributed by atoms with E-state index < -0.39 is 0 Å². The molecule has 0 unspecified atom stereocenters. The second-order valence-corrected chi connectivity index (χ2v) is 5.34. The zero-order valence-electron chi connectivity index (χ0n) is 10.6. The van der Waals surface area contributed by atoms with Crippen LogP contribution in [0.2, 0.25) is 0 Å². The van der Waals surface area contributed by atoms with Gasteiger partial charge in [0.2, 0.25) is 0 Å². The van der Waals surface area contributed by atoms with E-state index in [1.54, 1.807) is 0 Å². The van der Waals surface area contributed by atoms with Crippen molar-refractivity contribution in [1.82, 2.24) is 5.32 Å². The monoisotopic (exact) mass is 213 g/mol. The summed E-state index contributed by atoms with van der Waals surface area (Å²) in [5, 5.41) is 3.61. The molecule has 0 amide bonds. The Bertz CT molecular complexity index is 162. The highest BCUT2D eigenvalue weighted by Crippen LogP contribution is 2.38. The summed E-state index contributed by atoms with van der Waals surface area (Å²) in [4.78, 5) is 0. The van der Waals surface area contributed by atoms with Crippen LogP contribution in [0.25, 0.3) is 0 Å². The molecule has 0 spiro atoms. The SMILES string of the molecule is COCCC1(CNC(C)C)CCCCC1. The van der Waals surface area contributed by atoms with Crippen molar-refractivity contribution in [2.45, 2.75) is 58.4 Å². The molecule has 2 nitrogen and oxygen atoms in total. The first kappa shape index (κ1) is 13.0. The second-order valence-electron chi connectivity index (χ2n) is 5.34. The molecule has 0 radical (unpaired) electrons. The minimum Gasteiger partial charge on any atom is -0.385 e. The van der Waals surface area contributed by atoms with E-state index in [0.29, 0.717) is 11.5 Å². The van der Waals surface area contributed by atoms with Crippen LogP contribution in [0.5, 0.6) is 0 Å². The maximum atomic E-state index is 5.25. The standard InChI is InChI=1S/C13H27NO/c1-12(2)14-11-13(9-10-15-3)7-5-4-6-8-13/h12,14H,4-11H2,1-3H3. The molecule has 0 saturated heterocycles. The minimum absolute atomic E-state index is 0.526. The summed E-state index contributed by atoms with van der Waals surface area (Å²) in [6.07, 6.45) is 8.23. The first-order valence-corrected chi connectivity index (χ1v) is 6.41. The molecule has 1 aliphatic rings. The summed E-state index contributed by atoms with van der Waals surface area (Å²) < 4.78 is 5.25. The number of nitrogens with one attached hydrogen (secondary N) is 1. The van der Waals surface area contributed by atoms with Gasteiger partial charge in [-0.1, -0.05) is 33.1 Å². The van der Waals surface area contributed by atoms with Gasteiger partial charge < -0.3 is 10.1 Å². The van der Waals surface area contributed by atoms with Crippen molar-refractivity contribution >= 4 is 0 Å². The van der Waals surface area contributed by atoms with Crippen LogP contribution < -0.4 is 5.32 Å². The first-order valence-electron chi connectivity index (χ1n) is 6.41. The molecule has 1 rings (SSSR count). The molecule has 1 aliphatic carbocycles. The number of hydrogen-bond acceptors (Lipinski definition) is 2. The molecule has 0 aromatic heterocycles. The fourth-order valence-electron chi connectivity index (χ4n) is 2.56. The normalized spacial score (nSPS) is 20.8. The molecular formula is C13H27NO. The van der Waals surface area contributed by atoms with E-state index >= 15 is 0 Å². The Balaban J connectivity index is 2.42. The number of hydrogen-bond donors (Lipinski definition) is 1. The number of methoxy groups -OCH3 is 1. The number of rotatable bonds is 6. The van der Waals surface area contributed by atoms with Gasteiger partial charge in [0.15, 0.2) is 0 Å². The molecule has 0 bridgehead atoms. The van der Waals surface area contributed by atoms with Gasteiger partial charge in [0.05, 0.1) is 0 Å². The summed E-state index contributed by atoms with van der Waals surface area (Å²) in [6.45, 7) is 6.55. The molecule has 0 aromatic carbocycles. The van der Waals surface area contributed by atoms with Gasteiger partial charge in [-0.15, -0.1) is 0 Å². The molecule has 0 atom stereocenters. The van der Waals surface area contributed by atoms with Gasteiger partial charge in [0.25, 0.3) is 0 Å². The zero-order chi connectivity index (χ0) is 11.1. The molecule has 0 aromatic rings. The fourth-order valence-corrected chi connectivity index (χ4v) is 2.56. The fraction of sp³-hybridized carbons (Fsp3) is 1.00. The smallest absolute Gasteiger partial charge is 0.0468 e. The molecule has 1 fully saturated rings. The molecule has 90 valence electrons. The highest BCUT2D eigenvalue weighted by Gasteiger charge is 2.31. The molecule has 0 heterocycles. The Morgan fingerprint density at radius 2 is 1.87 bits per heavy atom. The Labute approximate surface area is 94.8 Å². The van der Waals surface area contributed by atoms with Crippen molar-refractivity contribution in [3.63, 3.8) is 0 Å². The summed E-state index contributed by atoms with van der Waals surface area (Å²) in [5.74, 6) is 0. The maximum absolute atomic E-state index is 5.25. The third-order valence-electron chi connectivity index (χ3n) is 3.64. The van der Waals surface area contributed by atoms with Gasteiger partial charge in [-0.25, -0.2) is 0 Å². The summed E-state index contributed by atoms with van der Waals surface area (Å²) >= 11 is 0. The Hall–Kier alpha value is -0.0800. The number of ether oxygens (including phenoxy) is 1. The van der Waals surface area contributed by atoms with Gasteiger partial charge in [-0.3, -0.25) is 0 Å². The van der Waals surface area contributed by atoms with Crippen LogP contribution in [-0.4, -0.2) is 26.3 Å². The quantitative estimate of drug-likeness (QED) is 0.732. The van der Waals surface area contributed by atoms with E-state index in [4.69, 9.17) is 4.74 Å². The van der Waals surface area contributed by atoms with Gasteiger partial charge >= 0.3 is 0 Å². The van der Waals surface area contributed by atoms with Crippen molar-refractivity contribution in [3.8, 4) is 0 Å². The van der Waals surface area contributed by atoms with Gasteiger partial charge in [-0.05, 0) is 24.7 Å². The van der Waals surface area contributed by atoms with Crippen LogP contribution >= 0.6 is 0 Å². The predicted octanol–water partition coefficient (Wildman–Crippen LogP) is 2.97.